The zero-order valence-electron chi connectivity index (χ0n) is 16.5. The minimum Gasteiger partial charge on any atom is -0.465 e. The second-order valence-corrected chi connectivity index (χ2v) is 9.94. The standard InChI is InChI=1S/C19H26FN3O6S/c20-16-3-1-14(2-4-16)15-5-9-23(10-6-15)30(28,29)13-19(17(24)21-27)7-11-22(12-8-19)18(25)26/h1-4,15,27H,5-13H2,(H,21,24)(H,25,26). The maximum Gasteiger partial charge on any atom is 0.407 e. The first kappa shape index (κ1) is 22.4. The van der Waals surface area contributed by atoms with Crippen molar-refractivity contribution in [3.63, 3.8) is 0 Å². The molecule has 1 aromatic carbocycles. The van der Waals surface area contributed by atoms with Crippen LogP contribution >= 0.6 is 0 Å². The lowest BCUT2D eigenvalue weighted by Gasteiger charge is -2.40. The third-order valence-corrected chi connectivity index (χ3v) is 8.29. The number of hydrogen-bond donors (Lipinski definition) is 3. The van der Waals surface area contributed by atoms with Gasteiger partial charge in [0.1, 0.15) is 5.82 Å². The first-order valence-corrected chi connectivity index (χ1v) is 11.4. The largest absolute Gasteiger partial charge is 0.465 e. The molecule has 11 heteroatoms. The van der Waals surface area contributed by atoms with E-state index in [2.05, 4.69) is 0 Å². The van der Waals surface area contributed by atoms with Crippen molar-refractivity contribution < 1.29 is 32.7 Å². The van der Waals surface area contributed by atoms with Crippen LogP contribution < -0.4 is 5.48 Å². The van der Waals surface area contributed by atoms with Gasteiger partial charge in [-0.2, -0.15) is 0 Å². The number of rotatable bonds is 5. The van der Waals surface area contributed by atoms with Gasteiger partial charge < -0.3 is 10.0 Å². The van der Waals surface area contributed by atoms with Crippen molar-refractivity contribution in [3.05, 3.63) is 35.6 Å². The van der Waals surface area contributed by atoms with Crippen molar-refractivity contribution in [3.8, 4) is 0 Å². The van der Waals surface area contributed by atoms with Gasteiger partial charge in [0.2, 0.25) is 10.0 Å². The first-order valence-electron chi connectivity index (χ1n) is 9.82. The number of nitrogens with zero attached hydrogens (tertiary/aromatic N) is 2. The van der Waals surface area contributed by atoms with Crippen molar-refractivity contribution in [2.24, 2.45) is 5.41 Å². The SMILES string of the molecule is O=C(O)N1CCC(CS(=O)(=O)N2CCC(c3ccc(F)cc3)CC2)(C(=O)NO)CC1. The molecule has 0 aliphatic carbocycles. The number of nitrogens with one attached hydrogen (secondary N) is 1. The van der Waals surface area contributed by atoms with Crippen molar-refractivity contribution in [1.82, 2.24) is 14.7 Å². The molecule has 166 valence electrons. The summed E-state index contributed by atoms with van der Waals surface area (Å²) in [6.07, 6.45) is 0.0560. The van der Waals surface area contributed by atoms with Crippen LogP contribution in [0.3, 0.4) is 0 Å². The summed E-state index contributed by atoms with van der Waals surface area (Å²) in [4.78, 5) is 24.6. The Kier molecular flexibility index (Phi) is 6.63. The number of carboxylic acid groups (broad SMARTS) is 1. The van der Waals surface area contributed by atoms with Crippen LogP contribution in [0.2, 0.25) is 0 Å². The van der Waals surface area contributed by atoms with E-state index in [4.69, 9.17) is 10.3 Å². The van der Waals surface area contributed by atoms with Gasteiger partial charge in [0, 0.05) is 26.2 Å². The molecular weight excluding hydrogens is 417 g/mol. The van der Waals surface area contributed by atoms with E-state index in [9.17, 15) is 22.4 Å². The van der Waals surface area contributed by atoms with Gasteiger partial charge in [0.15, 0.2) is 0 Å². The summed E-state index contributed by atoms with van der Waals surface area (Å²) in [5, 5.41) is 18.3. The second kappa shape index (κ2) is 8.86. The van der Waals surface area contributed by atoms with Crippen molar-refractivity contribution in [2.75, 3.05) is 31.9 Å². The van der Waals surface area contributed by atoms with Crippen LogP contribution in [0, 0.1) is 11.2 Å². The molecule has 3 N–H and O–H groups in total. The van der Waals surface area contributed by atoms with E-state index in [1.54, 1.807) is 17.6 Å². The van der Waals surface area contributed by atoms with E-state index in [0.29, 0.717) is 12.8 Å². The lowest BCUT2D eigenvalue weighted by Crippen LogP contribution is -2.54. The number of benzene rings is 1. The molecule has 2 amide bonds. The van der Waals surface area contributed by atoms with Gasteiger partial charge in [-0.15, -0.1) is 0 Å². The van der Waals surface area contributed by atoms with Crippen LogP contribution in [0.1, 0.15) is 37.2 Å². The molecule has 9 nitrogen and oxygen atoms in total. The van der Waals surface area contributed by atoms with Crippen LogP contribution in [0.5, 0.6) is 0 Å². The number of carbonyl (C=O) groups excluding carboxylic acids is 1. The molecule has 2 fully saturated rings. The fourth-order valence-electron chi connectivity index (χ4n) is 4.32. The molecule has 0 unspecified atom stereocenters. The smallest absolute Gasteiger partial charge is 0.407 e. The first-order chi connectivity index (χ1) is 14.2. The summed E-state index contributed by atoms with van der Waals surface area (Å²) in [6, 6.07) is 6.19. The van der Waals surface area contributed by atoms with Crippen LogP contribution in [-0.2, 0) is 14.8 Å². The molecule has 2 heterocycles. The van der Waals surface area contributed by atoms with Crippen LogP contribution in [-0.4, -0.2) is 71.9 Å². The number of halogens is 1. The Bertz CT molecular complexity index is 876. The average molecular weight is 443 g/mol. The summed E-state index contributed by atoms with van der Waals surface area (Å²) in [7, 11) is -3.81. The number of piperidine rings is 2. The normalized spacial score (nSPS) is 20.7. The summed E-state index contributed by atoms with van der Waals surface area (Å²) in [5.41, 5.74) is 1.14. The zero-order chi connectivity index (χ0) is 21.9. The Hall–Kier alpha value is -2.24. The quantitative estimate of drug-likeness (QED) is 0.469. The highest BCUT2D eigenvalue weighted by Crippen LogP contribution is 2.36. The van der Waals surface area contributed by atoms with E-state index in [1.165, 1.54) is 16.4 Å². The van der Waals surface area contributed by atoms with Crippen molar-refractivity contribution in [1.29, 1.82) is 0 Å². The summed E-state index contributed by atoms with van der Waals surface area (Å²) in [6.45, 7) is 0.598. The molecule has 0 saturated carbocycles. The fourth-order valence-corrected chi connectivity index (χ4v) is 6.39. The maximum atomic E-state index is 13.1. The second-order valence-electron chi connectivity index (χ2n) is 7.97. The molecule has 0 bridgehead atoms. The molecule has 2 saturated heterocycles. The molecule has 3 rings (SSSR count). The average Bonchev–Trinajstić information content (AvgIpc) is 2.74. The number of likely N-dealkylation sites (tertiary alicyclic amines) is 1. The lowest BCUT2D eigenvalue weighted by molar-refractivity contribution is -0.141. The van der Waals surface area contributed by atoms with E-state index in [-0.39, 0.29) is 50.8 Å². The van der Waals surface area contributed by atoms with Gasteiger partial charge in [0.25, 0.3) is 5.91 Å². The highest BCUT2D eigenvalue weighted by molar-refractivity contribution is 7.89. The molecule has 0 aromatic heterocycles. The van der Waals surface area contributed by atoms with Gasteiger partial charge in [-0.3, -0.25) is 10.0 Å². The molecular formula is C19H26FN3O6S. The highest BCUT2D eigenvalue weighted by Gasteiger charge is 2.47. The third kappa shape index (κ3) is 4.73. The highest BCUT2D eigenvalue weighted by atomic mass is 32.2. The molecule has 30 heavy (non-hydrogen) atoms. The number of hydrogen-bond acceptors (Lipinski definition) is 5. The Balaban J connectivity index is 1.67. The number of amides is 2. The topological polar surface area (TPSA) is 127 Å². The van der Waals surface area contributed by atoms with Crippen LogP contribution in [0.25, 0.3) is 0 Å². The Morgan fingerprint density at radius 3 is 2.17 bits per heavy atom. The number of carbonyl (C=O) groups is 2. The summed E-state index contributed by atoms with van der Waals surface area (Å²) in [5.74, 6) is -1.48. The predicted molar refractivity (Wildman–Crippen MR) is 105 cm³/mol. The minimum atomic E-state index is -3.81. The summed E-state index contributed by atoms with van der Waals surface area (Å²) < 4.78 is 40.6. The minimum absolute atomic E-state index is 0.0109. The van der Waals surface area contributed by atoms with Gasteiger partial charge in [-0.1, -0.05) is 12.1 Å². The molecule has 2 aliphatic heterocycles. The van der Waals surface area contributed by atoms with Crippen LogP contribution in [0.4, 0.5) is 9.18 Å². The Labute approximate surface area is 174 Å². The van der Waals surface area contributed by atoms with E-state index >= 15 is 0 Å². The van der Waals surface area contributed by atoms with E-state index in [1.807, 2.05) is 0 Å². The summed E-state index contributed by atoms with van der Waals surface area (Å²) >= 11 is 0. The van der Waals surface area contributed by atoms with Crippen LogP contribution in [0.15, 0.2) is 24.3 Å². The van der Waals surface area contributed by atoms with E-state index in [0.717, 1.165) is 10.5 Å². The fraction of sp³-hybridized carbons (Fsp3) is 0.579. The third-order valence-electron chi connectivity index (χ3n) is 6.22. The molecule has 0 radical (unpaired) electrons. The number of hydroxylamine groups is 1. The zero-order valence-corrected chi connectivity index (χ0v) is 17.3. The van der Waals surface area contributed by atoms with Gasteiger partial charge >= 0.3 is 6.09 Å². The predicted octanol–water partition coefficient (Wildman–Crippen LogP) is 1.60. The number of sulfonamides is 1. The van der Waals surface area contributed by atoms with Crippen molar-refractivity contribution >= 4 is 22.0 Å². The van der Waals surface area contributed by atoms with Crippen molar-refractivity contribution in [2.45, 2.75) is 31.6 Å². The maximum absolute atomic E-state index is 13.1. The van der Waals surface area contributed by atoms with E-state index < -0.39 is 33.2 Å². The Morgan fingerprint density at radius 1 is 1.10 bits per heavy atom. The van der Waals surface area contributed by atoms with Gasteiger partial charge in [-0.05, 0) is 49.3 Å². The molecule has 2 aliphatic rings. The van der Waals surface area contributed by atoms with Gasteiger partial charge in [0.05, 0.1) is 11.2 Å². The lowest BCUT2D eigenvalue weighted by atomic mass is 9.79. The molecule has 1 aromatic rings. The molecule has 0 spiro atoms. The monoisotopic (exact) mass is 443 g/mol. The van der Waals surface area contributed by atoms with Gasteiger partial charge in [-0.25, -0.2) is 27.4 Å². The molecule has 0 atom stereocenters. The Morgan fingerprint density at radius 2 is 1.67 bits per heavy atom.